The van der Waals surface area contributed by atoms with Gasteiger partial charge in [0.2, 0.25) is 5.91 Å². The minimum absolute atomic E-state index is 0.134. The molecule has 1 aliphatic rings. The Hall–Kier alpha value is -2.90. The number of piperidine rings is 1. The summed E-state index contributed by atoms with van der Waals surface area (Å²) in [5.41, 5.74) is -0.220. The molecule has 1 aromatic heterocycles. The lowest BCUT2D eigenvalue weighted by atomic mass is 9.94. The molecule has 2 heterocycles. The van der Waals surface area contributed by atoms with Gasteiger partial charge in [-0.3, -0.25) is 14.7 Å². The van der Waals surface area contributed by atoms with E-state index in [1.54, 1.807) is 50.1 Å². The van der Waals surface area contributed by atoms with E-state index in [1.165, 1.54) is 11.0 Å². The molecule has 0 unspecified atom stereocenters. The van der Waals surface area contributed by atoms with Gasteiger partial charge >= 0.3 is 6.09 Å². The second kappa shape index (κ2) is 9.30. The van der Waals surface area contributed by atoms with Crippen molar-refractivity contribution in [2.75, 3.05) is 13.1 Å². The fourth-order valence-electron chi connectivity index (χ4n) is 4.28. The fourth-order valence-corrected chi connectivity index (χ4v) is 4.28. The summed E-state index contributed by atoms with van der Waals surface area (Å²) in [7, 11) is 0. The van der Waals surface area contributed by atoms with Crippen molar-refractivity contribution in [3.05, 3.63) is 36.3 Å². The van der Waals surface area contributed by atoms with E-state index in [2.05, 4.69) is 4.98 Å². The number of nitrogens with zero attached hydrogens (tertiary/aromatic N) is 3. The summed E-state index contributed by atoms with van der Waals surface area (Å²) in [6.45, 7) is 10.1. The van der Waals surface area contributed by atoms with Gasteiger partial charge in [0.05, 0.1) is 0 Å². The first kappa shape index (κ1) is 23.8. The zero-order chi connectivity index (χ0) is 23.6. The number of hydrogen-bond acceptors (Lipinski definition) is 4. The van der Waals surface area contributed by atoms with Crippen molar-refractivity contribution in [3.63, 3.8) is 0 Å². The second-order valence-electron chi connectivity index (χ2n) is 9.60. The highest BCUT2D eigenvalue weighted by molar-refractivity contribution is 5.86. The number of likely N-dealkylation sites (tertiary alicyclic amines) is 1. The monoisotopic (exact) mass is 445 g/mol. The summed E-state index contributed by atoms with van der Waals surface area (Å²) in [5, 5.41) is 10.2. The summed E-state index contributed by atoms with van der Waals surface area (Å²) in [4.78, 5) is 32.6. The lowest BCUT2D eigenvalue weighted by Crippen LogP contribution is -2.60. The van der Waals surface area contributed by atoms with E-state index in [0.717, 1.165) is 0 Å². The van der Waals surface area contributed by atoms with Crippen molar-refractivity contribution < 1.29 is 23.8 Å². The van der Waals surface area contributed by atoms with Crippen LogP contribution in [0.5, 0.6) is 5.75 Å². The lowest BCUT2D eigenvalue weighted by Gasteiger charge is -2.43. The number of halogens is 1. The van der Waals surface area contributed by atoms with Crippen LogP contribution in [0.25, 0.3) is 10.9 Å². The van der Waals surface area contributed by atoms with Crippen LogP contribution in [0.3, 0.4) is 0 Å². The van der Waals surface area contributed by atoms with E-state index in [1.807, 2.05) is 13.8 Å². The molecule has 1 N–H and O–H groups in total. The van der Waals surface area contributed by atoms with Gasteiger partial charge in [0, 0.05) is 43.1 Å². The van der Waals surface area contributed by atoms with E-state index in [0.29, 0.717) is 42.6 Å². The predicted octanol–water partition coefficient (Wildman–Crippen LogP) is 4.55. The summed E-state index contributed by atoms with van der Waals surface area (Å²) in [5.74, 6) is -0.160. The number of pyridine rings is 1. The summed E-state index contributed by atoms with van der Waals surface area (Å²) >= 11 is 0. The third kappa shape index (κ3) is 4.95. The van der Waals surface area contributed by atoms with Crippen molar-refractivity contribution in [2.24, 2.45) is 5.92 Å². The average molecular weight is 446 g/mol. The predicted molar refractivity (Wildman–Crippen MR) is 120 cm³/mol. The SMILES string of the molecule is CC(C)[C@@H](C(=O)N1CCC(Oc2ccc(F)c3cccnc23)CC1)N(C(=O)O)C(C)(C)C. The molecule has 2 amide bonds. The molecule has 7 nitrogen and oxygen atoms in total. The van der Waals surface area contributed by atoms with Gasteiger partial charge in [0.1, 0.15) is 29.2 Å². The summed E-state index contributed by atoms with van der Waals surface area (Å²) in [6, 6.07) is 5.56. The van der Waals surface area contributed by atoms with E-state index in [-0.39, 0.29) is 23.7 Å². The minimum Gasteiger partial charge on any atom is -0.488 e. The average Bonchev–Trinajstić information content (AvgIpc) is 2.73. The fraction of sp³-hybridized carbons (Fsp3) is 0.542. The number of aromatic nitrogens is 1. The van der Waals surface area contributed by atoms with E-state index in [4.69, 9.17) is 4.74 Å². The van der Waals surface area contributed by atoms with Gasteiger partial charge in [-0.25, -0.2) is 9.18 Å². The Balaban J connectivity index is 1.70. The Bertz CT molecular complexity index is 981. The van der Waals surface area contributed by atoms with E-state index >= 15 is 0 Å². The van der Waals surface area contributed by atoms with Crippen molar-refractivity contribution in [2.45, 2.75) is 65.1 Å². The Kier molecular flexibility index (Phi) is 6.91. The number of amides is 2. The van der Waals surface area contributed by atoms with E-state index in [9.17, 15) is 19.1 Å². The number of carboxylic acid groups (broad SMARTS) is 1. The highest BCUT2D eigenvalue weighted by Crippen LogP contribution is 2.29. The molecule has 1 fully saturated rings. The molecule has 32 heavy (non-hydrogen) atoms. The molecule has 1 saturated heterocycles. The number of ether oxygens (including phenoxy) is 1. The molecule has 2 aromatic rings. The highest BCUT2D eigenvalue weighted by Gasteiger charge is 2.41. The zero-order valence-electron chi connectivity index (χ0n) is 19.3. The van der Waals surface area contributed by atoms with Gasteiger partial charge in [-0.05, 0) is 51.0 Å². The maximum Gasteiger partial charge on any atom is 0.408 e. The Labute approximate surface area is 188 Å². The normalized spacial score (nSPS) is 16.3. The number of hydrogen-bond donors (Lipinski definition) is 1. The van der Waals surface area contributed by atoms with Crippen LogP contribution in [-0.2, 0) is 4.79 Å². The van der Waals surface area contributed by atoms with Crippen molar-refractivity contribution in [1.29, 1.82) is 0 Å². The summed E-state index contributed by atoms with van der Waals surface area (Å²) in [6.07, 6.45) is 1.57. The first-order valence-electron chi connectivity index (χ1n) is 11.0. The standard InChI is InChI=1S/C24H32FN3O4/c1-15(2)21(28(23(30)31)24(3,4)5)22(29)27-13-10-16(11-14-27)32-19-9-8-18(25)17-7-6-12-26-20(17)19/h6-9,12,15-16,21H,10-11,13-14H2,1-5H3,(H,30,31)/t21-/m0/s1. The largest absolute Gasteiger partial charge is 0.488 e. The molecule has 174 valence electrons. The number of benzene rings is 1. The van der Waals surface area contributed by atoms with Gasteiger partial charge in [-0.15, -0.1) is 0 Å². The Morgan fingerprint density at radius 1 is 1.22 bits per heavy atom. The molecule has 0 spiro atoms. The highest BCUT2D eigenvalue weighted by atomic mass is 19.1. The quantitative estimate of drug-likeness (QED) is 0.730. The Morgan fingerprint density at radius 2 is 1.88 bits per heavy atom. The van der Waals surface area contributed by atoms with Crippen LogP contribution in [0.1, 0.15) is 47.5 Å². The van der Waals surface area contributed by atoms with Crippen LogP contribution >= 0.6 is 0 Å². The van der Waals surface area contributed by atoms with Crippen LogP contribution < -0.4 is 4.74 Å². The van der Waals surface area contributed by atoms with Crippen molar-refractivity contribution in [1.82, 2.24) is 14.8 Å². The first-order chi connectivity index (χ1) is 15.0. The molecule has 0 bridgehead atoms. The Morgan fingerprint density at radius 3 is 2.44 bits per heavy atom. The molecule has 0 saturated carbocycles. The molecular weight excluding hydrogens is 413 g/mol. The molecule has 3 rings (SSSR count). The van der Waals surface area contributed by atoms with Crippen LogP contribution in [0.15, 0.2) is 30.5 Å². The third-order valence-electron chi connectivity index (χ3n) is 5.82. The van der Waals surface area contributed by atoms with E-state index < -0.39 is 17.7 Å². The zero-order valence-corrected chi connectivity index (χ0v) is 19.3. The lowest BCUT2D eigenvalue weighted by molar-refractivity contribution is -0.141. The summed E-state index contributed by atoms with van der Waals surface area (Å²) < 4.78 is 20.2. The van der Waals surface area contributed by atoms with Gasteiger partial charge in [-0.2, -0.15) is 0 Å². The number of fused-ring (bicyclic) bond motifs is 1. The van der Waals surface area contributed by atoms with Crippen LogP contribution in [-0.4, -0.2) is 62.7 Å². The third-order valence-corrected chi connectivity index (χ3v) is 5.82. The molecule has 1 aromatic carbocycles. The molecule has 0 aliphatic carbocycles. The van der Waals surface area contributed by atoms with Crippen LogP contribution in [0.4, 0.5) is 9.18 Å². The molecule has 1 atom stereocenters. The van der Waals surface area contributed by atoms with Crippen molar-refractivity contribution >= 4 is 22.9 Å². The maximum atomic E-state index is 14.0. The van der Waals surface area contributed by atoms with Gasteiger partial charge in [-0.1, -0.05) is 13.8 Å². The van der Waals surface area contributed by atoms with Crippen LogP contribution in [0, 0.1) is 11.7 Å². The van der Waals surface area contributed by atoms with Gasteiger partial charge in [0.25, 0.3) is 0 Å². The first-order valence-corrected chi connectivity index (χ1v) is 11.0. The number of carbonyl (C=O) groups excluding carboxylic acids is 1. The van der Waals surface area contributed by atoms with Gasteiger partial charge < -0.3 is 14.7 Å². The number of rotatable bonds is 5. The second-order valence-corrected chi connectivity index (χ2v) is 9.60. The molecule has 1 aliphatic heterocycles. The molecule has 0 radical (unpaired) electrons. The number of carbonyl (C=O) groups is 2. The smallest absolute Gasteiger partial charge is 0.408 e. The molecule has 8 heteroatoms. The van der Waals surface area contributed by atoms with Crippen molar-refractivity contribution in [3.8, 4) is 5.75 Å². The topological polar surface area (TPSA) is 83.0 Å². The maximum absolute atomic E-state index is 14.0. The van der Waals surface area contributed by atoms with Gasteiger partial charge in [0.15, 0.2) is 0 Å². The molecular formula is C24H32FN3O4. The van der Waals surface area contributed by atoms with Crippen LogP contribution in [0.2, 0.25) is 0 Å². The minimum atomic E-state index is -1.10.